The van der Waals surface area contributed by atoms with E-state index in [0.29, 0.717) is 23.5 Å². The zero-order valence-corrected chi connectivity index (χ0v) is 15.3. The van der Waals surface area contributed by atoms with Gasteiger partial charge >= 0.3 is 5.97 Å². The molecule has 1 aromatic carbocycles. The summed E-state index contributed by atoms with van der Waals surface area (Å²) in [5.41, 5.74) is 0.784. The van der Waals surface area contributed by atoms with Crippen LogP contribution in [0.4, 0.5) is 0 Å². The first kappa shape index (κ1) is 18.8. The topological polar surface area (TPSA) is 44.8 Å². The highest BCUT2D eigenvalue weighted by atomic mass is 17.2. The molecule has 2 rings (SSSR count). The van der Waals surface area contributed by atoms with Gasteiger partial charge in [0.05, 0.1) is 12.2 Å². The number of carbonyl (C=O) groups excluding carboxylic acids is 1. The van der Waals surface area contributed by atoms with Crippen LogP contribution in [0.2, 0.25) is 0 Å². The molecule has 1 saturated carbocycles. The zero-order chi connectivity index (χ0) is 17.6. The lowest BCUT2D eigenvalue weighted by molar-refractivity contribution is -0.241. The van der Waals surface area contributed by atoms with E-state index in [4.69, 9.17) is 14.5 Å². The molecule has 24 heavy (non-hydrogen) atoms. The van der Waals surface area contributed by atoms with E-state index in [2.05, 4.69) is 27.7 Å². The second-order valence-corrected chi connectivity index (χ2v) is 7.51. The smallest absolute Gasteiger partial charge is 0.373 e. The van der Waals surface area contributed by atoms with Crippen LogP contribution in [0.1, 0.15) is 70.2 Å². The summed E-state index contributed by atoms with van der Waals surface area (Å²) < 4.78 is 5.49. The molecule has 1 fully saturated rings. The van der Waals surface area contributed by atoms with Crippen molar-refractivity contribution in [3.63, 3.8) is 0 Å². The third kappa shape index (κ3) is 5.52. The highest BCUT2D eigenvalue weighted by Crippen LogP contribution is 2.40. The van der Waals surface area contributed by atoms with Gasteiger partial charge < -0.3 is 4.74 Å². The van der Waals surface area contributed by atoms with E-state index >= 15 is 0 Å². The van der Waals surface area contributed by atoms with Gasteiger partial charge in [-0.15, -0.1) is 0 Å². The molecule has 4 heteroatoms. The van der Waals surface area contributed by atoms with Crippen molar-refractivity contribution in [2.75, 3.05) is 6.61 Å². The maximum Gasteiger partial charge on any atom is 0.373 e. The average molecular weight is 333 g/mol. The van der Waals surface area contributed by atoms with Crippen molar-refractivity contribution in [3.05, 3.63) is 35.9 Å². The van der Waals surface area contributed by atoms with Crippen LogP contribution in [0.3, 0.4) is 0 Å². The van der Waals surface area contributed by atoms with Crippen LogP contribution < -0.4 is 4.74 Å². The van der Waals surface area contributed by atoms with Crippen LogP contribution in [0.5, 0.6) is 5.75 Å². The molecule has 0 heterocycles. The molecule has 1 aromatic rings. The standard InChI is InChI=1S/C20H29O4/c1-5-14-22-17-10-6-15(7-11-17)19(21)24-23-18-12-8-16(9-13-18)20(2,3)4/h6-7,10-11,16H,5,8-9,12-14H2,1-4H3. The lowest BCUT2D eigenvalue weighted by Crippen LogP contribution is -2.26. The van der Waals surface area contributed by atoms with Crippen molar-refractivity contribution in [1.82, 2.24) is 0 Å². The number of rotatable bonds is 6. The Bertz CT molecular complexity index is 507. The Kier molecular flexibility index (Phi) is 6.67. The Hall–Kier alpha value is -1.55. The minimum atomic E-state index is -0.470. The molecule has 1 aliphatic rings. The van der Waals surface area contributed by atoms with Gasteiger partial charge in [-0.1, -0.05) is 27.7 Å². The van der Waals surface area contributed by atoms with E-state index in [1.807, 2.05) is 0 Å². The first-order chi connectivity index (χ1) is 11.4. The van der Waals surface area contributed by atoms with E-state index in [1.54, 1.807) is 24.3 Å². The first-order valence-electron chi connectivity index (χ1n) is 8.86. The molecule has 0 aliphatic heterocycles. The Balaban J connectivity index is 1.75. The number of hydrogen-bond donors (Lipinski definition) is 0. The predicted octanol–water partition coefficient (Wildman–Crippen LogP) is 5.33. The van der Waals surface area contributed by atoms with Crippen molar-refractivity contribution >= 4 is 5.97 Å². The molecule has 4 nitrogen and oxygen atoms in total. The molecule has 1 radical (unpaired) electrons. The fourth-order valence-corrected chi connectivity index (χ4v) is 2.94. The summed E-state index contributed by atoms with van der Waals surface area (Å²) >= 11 is 0. The van der Waals surface area contributed by atoms with Gasteiger partial charge in [-0.3, -0.25) is 4.89 Å². The fraction of sp³-hybridized carbons (Fsp3) is 0.600. The van der Waals surface area contributed by atoms with Gasteiger partial charge in [0.1, 0.15) is 11.9 Å². The summed E-state index contributed by atoms with van der Waals surface area (Å²) in [6, 6.07) is 6.93. The van der Waals surface area contributed by atoms with Gasteiger partial charge in [-0.2, -0.15) is 4.89 Å². The third-order valence-corrected chi connectivity index (χ3v) is 4.57. The molecule has 133 valence electrons. The lowest BCUT2D eigenvalue weighted by Gasteiger charge is -2.35. The Labute approximate surface area is 145 Å². The summed E-state index contributed by atoms with van der Waals surface area (Å²) in [4.78, 5) is 22.3. The van der Waals surface area contributed by atoms with Crippen LogP contribution in [0.25, 0.3) is 0 Å². The minimum Gasteiger partial charge on any atom is -0.494 e. The molecule has 0 aromatic heterocycles. The maximum atomic E-state index is 12.0. The molecule has 1 aliphatic carbocycles. The van der Waals surface area contributed by atoms with Crippen molar-refractivity contribution < 1.29 is 19.3 Å². The van der Waals surface area contributed by atoms with Crippen LogP contribution >= 0.6 is 0 Å². The molecular weight excluding hydrogens is 304 g/mol. The third-order valence-electron chi connectivity index (χ3n) is 4.57. The summed E-state index contributed by atoms with van der Waals surface area (Å²) in [5.74, 6) is 0.975. The van der Waals surface area contributed by atoms with Crippen molar-refractivity contribution in [3.8, 4) is 5.75 Å². The highest BCUT2D eigenvalue weighted by Gasteiger charge is 2.31. The Morgan fingerprint density at radius 2 is 1.75 bits per heavy atom. The monoisotopic (exact) mass is 333 g/mol. The number of ether oxygens (including phenoxy) is 1. The molecule has 0 unspecified atom stereocenters. The summed E-state index contributed by atoms with van der Waals surface area (Å²) in [5, 5.41) is 0. The van der Waals surface area contributed by atoms with Crippen LogP contribution in [0.15, 0.2) is 24.3 Å². The van der Waals surface area contributed by atoms with Crippen molar-refractivity contribution in [2.24, 2.45) is 11.3 Å². The summed E-state index contributed by atoms with van der Waals surface area (Å²) in [6.07, 6.45) is 5.70. The van der Waals surface area contributed by atoms with E-state index in [-0.39, 0.29) is 0 Å². The minimum absolute atomic E-state index is 0.323. The summed E-state index contributed by atoms with van der Waals surface area (Å²) in [7, 11) is 0. The maximum absolute atomic E-state index is 12.0. The molecular formula is C20H29O4. The fourth-order valence-electron chi connectivity index (χ4n) is 2.94. The quantitative estimate of drug-likeness (QED) is 0.521. The van der Waals surface area contributed by atoms with Crippen molar-refractivity contribution in [2.45, 2.75) is 59.8 Å². The Morgan fingerprint density at radius 1 is 1.12 bits per heavy atom. The van der Waals surface area contributed by atoms with Crippen LogP contribution in [-0.4, -0.2) is 12.6 Å². The number of carbonyl (C=O) groups is 1. The molecule has 0 saturated heterocycles. The molecule has 0 bridgehead atoms. The van der Waals surface area contributed by atoms with E-state index in [0.717, 1.165) is 44.0 Å². The van der Waals surface area contributed by atoms with Gasteiger partial charge in [0.15, 0.2) is 0 Å². The van der Waals surface area contributed by atoms with Crippen molar-refractivity contribution in [1.29, 1.82) is 0 Å². The van der Waals surface area contributed by atoms with Gasteiger partial charge in [0.2, 0.25) is 0 Å². The second-order valence-electron chi connectivity index (χ2n) is 7.51. The van der Waals surface area contributed by atoms with Gasteiger partial charge in [-0.25, -0.2) is 4.79 Å². The second kappa shape index (κ2) is 8.52. The predicted molar refractivity (Wildman–Crippen MR) is 93.4 cm³/mol. The number of hydrogen-bond acceptors (Lipinski definition) is 4. The van der Waals surface area contributed by atoms with E-state index in [1.165, 1.54) is 0 Å². The zero-order valence-electron chi connectivity index (χ0n) is 15.3. The van der Waals surface area contributed by atoms with Crippen LogP contribution in [-0.2, 0) is 9.78 Å². The molecule has 0 atom stereocenters. The van der Waals surface area contributed by atoms with Gasteiger partial charge in [-0.05, 0) is 67.7 Å². The Morgan fingerprint density at radius 3 is 2.29 bits per heavy atom. The molecule has 0 amide bonds. The highest BCUT2D eigenvalue weighted by molar-refractivity contribution is 5.89. The van der Waals surface area contributed by atoms with Gasteiger partial charge in [0, 0.05) is 0 Å². The molecule has 0 N–H and O–H groups in total. The largest absolute Gasteiger partial charge is 0.494 e. The normalized spacial score (nSPS) is 16.8. The number of benzene rings is 1. The molecule has 0 spiro atoms. The van der Waals surface area contributed by atoms with E-state index < -0.39 is 5.97 Å². The van der Waals surface area contributed by atoms with Crippen LogP contribution in [0, 0.1) is 17.4 Å². The summed E-state index contributed by atoms with van der Waals surface area (Å²) in [6.45, 7) is 9.54. The first-order valence-corrected chi connectivity index (χ1v) is 8.86. The van der Waals surface area contributed by atoms with E-state index in [9.17, 15) is 4.79 Å². The SMILES string of the molecule is CCCOc1ccc(C(=O)OO[C]2CCC(C(C)(C)C)CC2)cc1. The lowest BCUT2D eigenvalue weighted by atomic mass is 9.72. The average Bonchev–Trinajstić information content (AvgIpc) is 2.58. The van der Waals surface area contributed by atoms with Gasteiger partial charge in [0.25, 0.3) is 0 Å².